The lowest BCUT2D eigenvalue weighted by Crippen LogP contribution is -2.34. The van der Waals surface area contributed by atoms with Gasteiger partial charge in [0.25, 0.3) is 0 Å². The summed E-state index contributed by atoms with van der Waals surface area (Å²) >= 11 is 6.16. The van der Waals surface area contributed by atoms with Gasteiger partial charge in [0, 0.05) is 54.6 Å². The Labute approximate surface area is 295 Å². The molecule has 1 fully saturated rings. The summed E-state index contributed by atoms with van der Waals surface area (Å²) in [5.74, 6) is -0.331. The molecule has 1 aromatic heterocycles. The molecule has 3 N–H and O–H groups in total. The molecule has 49 heavy (non-hydrogen) atoms. The Bertz CT molecular complexity index is 1660. The molecule has 0 spiro atoms. The third-order valence-corrected chi connectivity index (χ3v) is 9.22. The zero-order chi connectivity index (χ0) is 36.0. The molecule has 3 aromatic rings. The van der Waals surface area contributed by atoms with Crippen molar-refractivity contribution in [3.05, 3.63) is 124 Å². The SMILES string of the molecule is C=C/C=C\C1=C(C)C(N(C)Cc2ccc(-c3c(F)cccc3Cl)cn2)CCC1.CC.CN/N=C(/CN)c1cc(C2(C=O)CC2)ccc1C=O. The first kappa shape index (κ1) is 39.2. The van der Waals surface area contributed by atoms with Crippen LogP contribution >= 0.6 is 11.6 Å². The average Bonchev–Trinajstić information content (AvgIpc) is 3.93. The van der Waals surface area contributed by atoms with Crippen molar-refractivity contribution in [2.45, 2.75) is 70.9 Å². The molecule has 0 saturated heterocycles. The van der Waals surface area contributed by atoms with Gasteiger partial charge in [0.15, 0.2) is 6.29 Å². The second-order valence-corrected chi connectivity index (χ2v) is 12.3. The van der Waals surface area contributed by atoms with Crippen molar-refractivity contribution in [3.8, 4) is 11.1 Å². The fourth-order valence-electron chi connectivity index (χ4n) is 6.05. The molecule has 1 heterocycles. The van der Waals surface area contributed by atoms with E-state index in [-0.39, 0.29) is 17.8 Å². The number of nitrogens with two attached hydrogens (primary N) is 1. The zero-order valence-corrected chi connectivity index (χ0v) is 30.1. The van der Waals surface area contributed by atoms with Gasteiger partial charge in [0.2, 0.25) is 0 Å². The fourth-order valence-corrected chi connectivity index (χ4v) is 6.32. The highest BCUT2D eigenvalue weighted by Gasteiger charge is 2.44. The van der Waals surface area contributed by atoms with Gasteiger partial charge < -0.3 is 16.0 Å². The third-order valence-electron chi connectivity index (χ3n) is 8.90. The predicted octanol–water partition coefficient (Wildman–Crippen LogP) is 8.22. The van der Waals surface area contributed by atoms with Crippen molar-refractivity contribution >= 4 is 29.9 Å². The van der Waals surface area contributed by atoms with E-state index < -0.39 is 0 Å². The van der Waals surface area contributed by atoms with Gasteiger partial charge in [-0.05, 0) is 81.5 Å². The Morgan fingerprint density at radius 3 is 2.53 bits per heavy atom. The fraction of sp³-hybridized carbons (Fsp3) is 0.350. The van der Waals surface area contributed by atoms with E-state index in [9.17, 15) is 14.0 Å². The number of carbonyl (C=O) groups excluding carboxylic acids is 2. The van der Waals surface area contributed by atoms with Gasteiger partial charge in [0.1, 0.15) is 12.1 Å². The predicted molar refractivity (Wildman–Crippen MR) is 201 cm³/mol. The first-order chi connectivity index (χ1) is 23.7. The third kappa shape index (κ3) is 9.91. The van der Waals surface area contributed by atoms with Crippen LogP contribution in [0, 0.1) is 5.82 Å². The maximum Gasteiger partial charge on any atom is 0.150 e. The molecule has 0 radical (unpaired) electrons. The van der Waals surface area contributed by atoms with E-state index in [2.05, 4.69) is 47.0 Å². The highest BCUT2D eigenvalue weighted by atomic mass is 35.5. The van der Waals surface area contributed by atoms with Gasteiger partial charge in [-0.25, -0.2) is 4.39 Å². The lowest BCUT2D eigenvalue weighted by atomic mass is 9.87. The van der Waals surface area contributed by atoms with Gasteiger partial charge in [-0.1, -0.05) is 80.1 Å². The molecular weight excluding hydrogens is 637 g/mol. The molecule has 0 amide bonds. The van der Waals surface area contributed by atoms with Crippen molar-refractivity contribution in [1.29, 1.82) is 0 Å². The Balaban J connectivity index is 0.000000270. The Kier molecular flexibility index (Phi) is 15.3. The minimum atomic E-state index is -0.366. The molecule has 0 bridgehead atoms. The summed E-state index contributed by atoms with van der Waals surface area (Å²) in [6.07, 6.45) is 14.6. The van der Waals surface area contributed by atoms with Crippen LogP contribution in [0.25, 0.3) is 11.1 Å². The van der Waals surface area contributed by atoms with E-state index in [1.54, 1.807) is 31.4 Å². The van der Waals surface area contributed by atoms with Gasteiger partial charge in [0.05, 0.1) is 21.8 Å². The van der Waals surface area contributed by atoms with Crippen molar-refractivity contribution in [2.24, 2.45) is 10.8 Å². The second-order valence-electron chi connectivity index (χ2n) is 11.9. The summed E-state index contributed by atoms with van der Waals surface area (Å²) in [6, 6.07) is 14.4. The topological polar surface area (TPSA) is 101 Å². The van der Waals surface area contributed by atoms with E-state index in [1.165, 1.54) is 23.6 Å². The monoisotopic (exact) mass is 685 g/mol. The van der Waals surface area contributed by atoms with Crippen LogP contribution < -0.4 is 11.2 Å². The van der Waals surface area contributed by atoms with Crippen LogP contribution in [0.5, 0.6) is 0 Å². The van der Waals surface area contributed by atoms with E-state index in [4.69, 9.17) is 17.3 Å². The van der Waals surface area contributed by atoms with Crippen LogP contribution in [0.4, 0.5) is 4.39 Å². The minimum Gasteiger partial charge on any atom is -0.325 e. The number of pyridine rings is 1. The first-order valence-electron chi connectivity index (χ1n) is 16.8. The van der Waals surface area contributed by atoms with Crippen LogP contribution in [-0.4, -0.2) is 54.8 Å². The number of hydrogen-bond acceptors (Lipinski definition) is 7. The number of aldehydes is 2. The van der Waals surface area contributed by atoms with Crippen LogP contribution in [0.2, 0.25) is 5.02 Å². The molecule has 9 heteroatoms. The Morgan fingerprint density at radius 1 is 1.20 bits per heavy atom. The average molecular weight is 686 g/mol. The number of aromatic nitrogens is 1. The molecular formula is C40H49ClFN5O2. The van der Waals surface area contributed by atoms with Gasteiger partial charge in [-0.2, -0.15) is 5.10 Å². The highest BCUT2D eigenvalue weighted by Crippen LogP contribution is 2.46. The number of nitrogens with one attached hydrogen (secondary N) is 1. The van der Waals surface area contributed by atoms with Crippen LogP contribution in [0.1, 0.15) is 80.1 Å². The highest BCUT2D eigenvalue weighted by molar-refractivity contribution is 6.33. The summed E-state index contributed by atoms with van der Waals surface area (Å²) in [5.41, 5.74) is 15.6. The summed E-state index contributed by atoms with van der Waals surface area (Å²) < 4.78 is 14.1. The van der Waals surface area contributed by atoms with Gasteiger partial charge in [-0.15, -0.1) is 0 Å². The Morgan fingerprint density at radius 2 is 1.96 bits per heavy atom. The summed E-state index contributed by atoms with van der Waals surface area (Å²) in [4.78, 5) is 29.2. The van der Waals surface area contributed by atoms with Crippen molar-refractivity contribution in [2.75, 3.05) is 20.6 Å². The number of nitrogens with zero attached hydrogens (tertiary/aromatic N) is 3. The Hall–Kier alpha value is -4.24. The molecule has 0 aliphatic heterocycles. The molecule has 260 valence electrons. The maximum absolute atomic E-state index is 14.1. The molecule has 2 aromatic carbocycles. The molecule has 7 nitrogen and oxygen atoms in total. The quantitative estimate of drug-likeness (QED) is 0.0863. The number of carbonyl (C=O) groups is 2. The first-order valence-corrected chi connectivity index (χ1v) is 17.2. The number of hydrogen-bond donors (Lipinski definition) is 2. The number of rotatable bonds is 12. The van der Waals surface area contributed by atoms with E-state index in [0.29, 0.717) is 39.0 Å². The molecule has 5 rings (SSSR count). The maximum atomic E-state index is 14.1. The van der Waals surface area contributed by atoms with Crippen molar-refractivity contribution in [1.82, 2.24) is 15.3 Å². The van der Waals surface area contributed by atoms with Crippen molar-refractivity contribution < 1.29 is 14.0 Å². The summed E-state index contributed by atoms with van der Waals surface area (Å²) in [5, 5.41) is 4.48. The number of halogens is 2. The van der Waals surface area contributed by atoms with Crippen LogP contribution in [0.3, 0.4) is 0 Å². The molecule has 1 saturated carbocycles. The lowest BCUT2D eigenvalue weighted by Gasteiger charge is -2.33. The van der Waals surface area contributed by atoms with Gasteiger partial charge >= 0.3 is 0 Å². The molecule has 2 aliphatic carbocycles. The summed E-state index contributed by atoms with van der Waals surface area (Å²) in [6.45, 7) is 10.9. The van der Waals surface area contributed by atoms with Crippen LogP contribution in [0.15, 0.2) is 95.8 Å². The largest absolute Gasteiger partial charge is 0.325 e. The smallest absolute Gasteiger partial charge is 0.150 e. The molecule has 1 atom stereocenters. The molecule has 1 unspecified atom stereocenters. The standard InChI is InChI=1S/C24H26ClFN2.C14H17N3O2.C2H6/c1-4-5-8-18-9-6-12-23(17(18)2)28(3)16-20-14-13-19(15-27-20)24-21(25)10-7-11-22(24)26;1-16-17-13(7-15)12-6-11(3-2-10(12)8-18)14(9-19)4-5-14;1-2/h4-5,7-8,10-11,13-15,23H,1,6,9,12,16H2,2-3H3;2-3,6,8-9,16H,4-5,7,15H2,1H3;1-2H3/b8-5-;17-13-;. The van der Waals surface area contributed by atoms with Gasteiger partial charge in [-0.3, -0.25) is 14.7 Å². The van der Waals surface area contributed by atoms with E-state index >= 15 is 0 Å². The number of likely N-dealkylation sites (N-methyl/N-ethyl adjacent to an activating group) is 1. The van der Waals surface area contributed by atoms with Crippen molar-refractivity contribution in [3.63, 3.8) is 0 Å². The minimum absolute atomic E-state index is 0.221. The number of hydrazone groups is 1. The van der Waals surface area contributed by atoms with E-state index in [1.807, 2.05) is 50.3 Å². The lowest BCUT2D eigenvalue weighted by molar-refractivity contribution is -0.109. The number of allylic oxidation sites excluding steroid dienone is 4. The second kappa shape index (κ2) is 19.1. The van der Waals surface area contributed by atoms with Crippen LogP contribution in [-0.2, 0) is 16.8 Å². The number of benzene rings is 2. The normalized spacial score (nSPS) is 16.7. The summed E-state index contributed by atoms with van der Waals surface area (Å²) in [7, 11) is 3.81. The zero-order valence-electron chi connectivity index (χ0n) is 29.3. The van der Waals surface area contributed by atoms with E-state index in [0.717, 1.165) is 56.1 Å². The molecule has 2 aliphatic rings.